The highest BCUT2D eigenvalue weighted by atomic mass is 16.6. The quantitative estimate of drug-likeness (QED) is 0.310. The number of hydrogen-bond donors (Lipinski definition) is 0. The lowest BCUT2D eigenvalue weighted by Crippen LogP contribution is -2.15. The van der Waals surface area contributed by atoms with Crippen LogP contribution in [0.5, 0.6) is 0 Å². The Kier molecular flexibility index (Phi) is 2.68. The van der Waals surface area contributed by atoms with Crippen molar-refractivity contribution in [3.8, 4) is 0 Å². The summed E-state index contributed by atoms with van der Waals surface area (Å²) >= 11 is 0. The SMILES string of the molecule is [N-]=[N+]=N[C@H](Cc1ccccc1)[C@H]1CO1. The Hall–Kier alpha value is -1.51. The lowest BCUT2D eigenvalue weighted by atomic mass is 10.0. The largest absolute Gasteiger partial charge is 0.373 e. The van der Waals surface area contributed by atoms with Gasteiger partial charge in [-0.05, 0) is 17.5 Å². The van der Waals surface area contributed by atoms with Crippen LogP contribution < -0.4 is 0 Å². The van der Waals surface area contributed by atoms with Gasteiger partial charge in [-0.3, -0.25) is 0 Å². The molecular weight excluding hydrogens is 178 g/mol. The van der Waals surface area contributed by atoms with E-state index >= 15 is 0 Å². The van der Waals surface area contributed by atoms with Crippen LogP contribution in [0.1, 0.15) is 5.56 Å². The summed E-state index contributed by atoms with van der Waals surface area (Å²) in [6, 6.07) is 9.94. The summed E-state index contributed by atoms with van der Waals surface area (Å²) in [6.07, 6.45) is 0.890. The van der Waals surface area contributed by atoms with Crippen molar-refractivity contribution in [2.24, 2.45) is 5.11 Å². The first-order valence-corrected chi connectivity index (χ1v) is 4.60. The number of hydrogen-bond acceptors (Lipinski definition) is 2. The number of ether oxygens (including phenoxy) is 1. The fraction of sp³-hybridized carbons (Fsp3) is 0.400. The van der Waals surface area contributed by atoms with E-state index in [9.17, 15) is 0 Å². The normalized spacial score (nSPS) is 21.0. The van der Waals surface area contributed by atoms with Gasteiger partial charge in [0.05, 0.1) is 18.8 Å². The third-order valence-corrected chi connectivity index (χ3v) is 2.28. The molecule has 1 aromatic rings. The molecule has 1 aliphatic heterocycles. The van der Waals surface area contributed by atoms with Crippen molar-refractivity contribution in [3.05, 3.63) is 46.3 Å². The van der Waals surface area contributed by atoms with Crippen molar-refractivity contribution in [2.45, 2.75) is 18.6 Å². The van der Waals surface area contributed by atoms with E-state index in [1.807, 2.05) is 30.3 Å². The lowest BCUT2D eigenvalue weighted by Gasteiger charge is -2.06. The van der Waals surface area contributed by atoms with Gasteiger partial charge in [-0.1, -0.05) is 35.4 Å². The van der Waals surface area contributed by atoms with Gasteiger partial charge in [-0.2, -0.15) is 0 Å². The van der Waals surface area contributed by atoms with Crippen molar-refractivity contribution in [3.63, 3.8) is 0 Å². The minimum absolute atomic E-state index is 0.0533. The number of rotatable bonds is 4. The second-order valence-electron chi connectivity index (χ2n) is 3.33. The van der Waals surface area contributed by atoms with E-state index < -0.39 is 0 Å². The summed E-state index contributed by atoms with van der Waals surface area (Å²) < 4.78 is 5.13. The summed E-state index contributed by atoms with van der Waals surface area (Å²) in [5.74, 6) is 0. The molecule has 0 radical (unpaired) electrons. The molecule has 72 valence electrons. The molecule has 1 fully saturated rings. The van der Waals surface area contributed by atoms with Crippen LogP contribution in [0.15, 0.2) is 35.4 Å². The van der Waals surface area contributed by atoms with Gasteiger partial charge in [0.25, 0.3) is 0 Å². The van der Waals surface area contributed by atoms with Crippen molar-refractivity contribution < 1.29 is 4.74 Å². The molecule has 0 spiro atoms. The van der Waals surface area contributed by atoms with Crippen LogP contribution in [0.2, 0.25) is 0 Å². The molecule has 1 aromatic carbocycles. The Morgan fingerprint density at radius 1 is 1.50 bits per heavy atom. The minimum Gasteiger partial charge on any atom is -0.373 e. The predicted molar refractivity (Wildman–Crippen MR) is 52.8 cm³/mol. The van der Waals surface area contributed by atoms with Gasteiger partial charge in [0, 0.05) is 4.91 Å². The number of epoxide rings is 1. The molecule has 0 saturated carbocycles. The van der Waals surface area contributed by atoms with Gasteiger partial charge in [-0.25, -0.2) is 0 Å². The van der Waals surface area contributed by atoms with Gasteiger partial charge < -0.3 is 4.74 Å². The fourth-order valence-corrected chi connectivity index (χ4v) is 1.45. The molecule has 14 heavy (non-hydrogen) atoms. The molecule has 0 aromatic heterocycles. The second-order valence-corrected chi connectivity index (χ2v) is 3.33. The van der Waals surface area contributed by atoms with Gasteiger partial charge in [-0.15, -0.1) is 0 Å². The van der Waals surface area contributed by atoms with Crippen molar-refractivity contribution in [1.82, 2.24) is 0 Å². The molecule has 0 N–H and O–H groups in total. The Bertz CT molecular complexity index is 342. The zero-order chi connectivity index (χ0) is 9.80. The molecule has 0 aliphatic carbocycles. The summed E-state index contributed by atoms with van der Waals surface area (Å²) in [5.41, 5.74) is 9.58. The third-order valence-electron chi connectivity index (χ3n) is 2.28. The van der Waals surface area contributed by atoms with Crippen LogP contribution in [0.4, 0.5) is 0 Å². The Morgan fingerprint density at radius 3 is 2.79 bits per heavy atom. The van der Waals surface area contributed by atoms with Crippen LogP contribution in [-0.2, 0) is 11.2 Å². The standard InChI is InChI=1S/C10H11N3O/c11-13-12-9(10-7-14-10)6-8-4-2-1-3-5-8/h1-5,9-10H,6-7H2/t9-,10-/m1/s1. The number of azide groups is 1. The lowest BCUT2D eigenvalue weighted by molar-refractivity contribution is 0.371. The molecule has 0 amide bonds. The first kappa shape index (κ1) is 9.06. The van der Waals surface area contributed by atoms with E-state index in [2.05, 4.69) is 10.0 Å². The molecule has 4 nitrogen and oxygen atoms in total. The molecule has 0 unspecified atom stereocenters. The highest BCUT2D eigenvalue weighted by Crippen LogP contribution is 2.20. The molecule has 1 heterocycles. The van der Waals surface area contributed by atoms with Crippen LogP contribution in [-0.4, -0.2) is 18.8 Å². The number of nitrogens with zero attached hydrogens (tertiary/aromatic N) is 3. The topological polar surface area (TPSA) is 61.3 Å². The van der Waals surface area contributed by atoms with E-state index in [0.29, 0.717) is 0 Å². The summed E-state index contributed by atoms with van der Waals surface area (Å²) in [7, 11) is 0. The van der Waals surface area contributed by atoms with E-state index in [0.717, 1.165) is 13.0 Å². The first-order chi connectivity index (χ1) is 6.90. The maximum absolute atomic E-state index is 8.39. The van der Waals surface area contributed by atoms with Crippen LogP contribution in [0.25, 0.3) is 10.4 Å². The zero-order valence-corrected chi connectivity index (χ0v) is 7.71. The van der Waals surface area contributed by atoms with Crippen molar-refractivity contribution in [2.75, 3.05) is 6.61 Å². The molecule has 1 aliphatic rings. The molecular formula is C10H11N3O. The monoisotopic (exact) mass is 189 g/mol. The molecule has 2 atom stereocenters. The first-order valence-electron chi connectivity index (χ1n) is 4.60. The predicted octanol–water partition coefficient (Wildman–Crippen LogP) is 2.31. The number of benzene rings is 1. The third kappa shape index (κ3) is 2.25. The minimum atomic E-state index is -0.0533. The van der Waals surface area contributed by atoms with E-state index in [1.54, 1.807) is 0 Å². The molecule has 1 saturated heterocycles. The zero-order valence-electron chi connectivity index (χ0n) is 7.71. The second kappa shape index (κ2) is 4.13. The summed E-state index contributed by atoms with van der Waals surface area (Å²) in [5, 5.41) is 3.74. The molecule has 0 bridgehead atoms. The summed E-state index contributed by atoms with van der Waals surface area (Å²) in [6.45, 7) is 0.719. The van der Waals surface area contributed by atoms with E-state index in [4.69, 9.17) is 10.3 Å². The Balaban J connectivity index is 2.03. The van der Waals surface area contributed by atoms with Gasteiger partial charge in [0.1, 0.15) is 0 Å². The van der Waals surface area contributed by atoms with Crippen LogP contribution >= 0.6 is 0 Å². The fourth-order valence-electron chi connectivity index (χ4n) is 1.45. The maximum Gasteiger partial charge on any atom is 0.0897 e. The summed E-state index contributed by atoms with van der Waals surface area (Å²) in [4.78, 5) is 2.84. The average molecular weight is 189 g/mol. The average Bonchev–Trinajstić information content (AvgIpc) is 3.02. The highest BCUT2D eigenvalue weighted by Gasteiger charge is 2.31. The van der Waals surface area contributed by atoms with Gasteiger partial charge in [0.15, 0.2) is 0 Å². The molecule has 2 rings (SSSR count). The Morgan fingerprint density at radius 2 is 2.21 bits per heavy atom. The van der Waals surface area contributed by atoms with E-state index in [1.165, 1.54) is 5.56 Å². The van der Waals surface area contributed by atoms with Gasteiger partial charge in [0.2, 0.25) is 0 Å². The van der Waals surface area contributed by atoms with Gasteiger partial charge >= 0.3 is 0 Å². The van der Waals surface area contributed by atoms with Crippen LogP contribution in [0, 0.1) is 0 Å². The van der Waals surface area contributed by atoms with Crippen molar-refractivity contribution in [1.29, 1.82) is 0 Å². The Labute approximate surface area is 82.1 Å². The van der Waals surface area contributed by atoms with Crippen LogP contribution in [0.3, 0.4) is 0 Å². The highest BCUT2D eigenvalue weighted by molar-refractivity contribution is 5.16. The van der Waals surface area contributed by atoms with E-state index in [-0.39, 0.29) is 12.1 Å². The maximum atomic E-state index is 8.39. The molecule has 4 heteroatoms. The smallest absolute Gasteiger partial charge is 0.0897 e. The van der Waals surface area contributed by atoms with Crippen molar-refractivity contribution >= 4 is 0 Å².